The molecule has 0 amide bonds. The minimum Gasteiger partial charge on any atom is -0.455 e. The maximum absolute atomic E-state index is 9.74. The Hall–Kier alpha value is -0.740. The second kappa shape index (κ2) is 6.14. The number of aliphatic hydroxyl groups excluding tert-OH is 1. The van der Waals surface area contributed by atoms with Crippen LogP contribution in [0, 0.1) is 0 Å². The van der Waals surface area contributed by atoms with E-state index in [-0.39, 0.29) is 0 Å². The number of halogens is 3. The van der Waals surface area contributed by atoms with Crippen LogP contribution in [0.2, 0.25) is 10.0 Å². The molecule has 0 fully saturated rings. The highest BCUT2D eigenvalue weighted by Gasteiger charge is 2.13. The highest BCUT2D eigenvalue weighted by Crippen LogP contribution is 2.38. The molecule has 0 saturated carbocycles. The monoisotopic (exact) mass is 360 g/mol. The molecule has 0 saturated heterocycles. The molecule has 19 heavy (non-hydrogen) atoms. The molecular formula is C14H11BrCl2O2. The van der Waals surface area contributed by atoms with Crippen molar-refractivity contribution in [1.82, 2.24) is 0 Å². The van der Waals surface area contributed by atoms with E-state index >= 15 is 0 Å². The molecule has 0 aliphatic carbocycles. The smallest absolute Gasteiger partial charge is 0.147 e. The number of ether oxygens (including phenoxy) is 1. The Kier molecular flexibility index (Phi) is 4.74. The summed E-state index contributed by atoms with van der Waals surface area (Å²) in [6.07, 6.45) is -0.638. The van der Waals surface area contributed by atoms with E-state index in [2.05, 4.69) is 15.9 Å². The van der Waals surface area contributed by atoms with Crippen molar-refractivity contribution in [3.05, 3.63) is 56.5 Å². The fraction of sp³-hybridized carbons (Fsp3) is 0.143. The normalized spacial score (nSPS) is 12.3. The summed E-state index contributed by atoms with van der Waals surface area (Å²) < 4.78 is 6.61. The van der Waals surface area contributed by atoms with Crippen molar-refractivity contribution in [2.45, 2.75) is 13.0 Å². The van der Waals surface area contributed by atoms with Crippen molar-refractivity contribution in [1.29, 1.82) is 0 Å². The first kappa shape index (κ1) is 14.7. The first-order chi connectivity index (χ1) is 8.99. The molecule has 0 heterocycles. The van der Waals surface area contributed by atoms with Gasteiger partial charge in [0.05, 0.1) is 11.1 Å². The predicted octanol–water partition coefficient (Wildman–Crippen LogP) is 5.60. The van der Waals surface area contributed by atoms with Crippen molar-refractivity contribution in [2.24, 2.45) is 0 Å². The lowest BCUT2D eigenvalue weighted by Crippen LogP contribution is -1.96. The Balaban J connectivity index is 2.42. The van der Waals surface area contributed by atoms with Gasteiger partial charge in [-0.15, -0.1) is 0 Å². The molecule has 100 valence electrons. The molecule has 2 aromatic rings. The minimum absolute atomic E-state index is 0.348. The van der Waals surface area contributed by atoms with E-state index in [9.17, 15) is 5.11 Å². The van der Waals surface area contributed by atoms with Crippen LogP contribution >= 0.6 is 39.1 Å². The lowest BCUT2D eigenvalue weighted by molar-refractivity contribution is 0.195. The van der Waals surface area contributed by atoms with Gasteiger partial charge in [-0.2, -0.15) is 0 Å². The molecule has 5 heteroatoms. The Labute approximate surface area is 130 Å². The van der Waals surface area contributed by atoms with Crippen LogP contribution in [0.15, 0.2) is 40.9 Å². The molecule has 0 bridgehead atoms. The van der Waals surface area contributed by atoms with Gasteiger partial charge in [-0.25, -0.2) is 0 Å². The van der Waals surface area contributed by atoms with Gasteiger partial charge in [0.1, 0.15) is 16.5 Å². The molecular weight excluding hydrogens is 351 g/mol. The molecule has 2 rings (SSSR count). The van der Waals surface area contributed by atoms with Crippen LogP contribution in [0.1, 0.15) is 18.6 Å². The number of aliphatic hydroxyl groups is 1. The predicted molar refractivity (Wildman–Crippen MR) is 81.3 cm³/mol. The van der Waals surface area contributed by atoms with E-state index in [1.807, 2.05) is 6.07 Å². The summed E-state index contributed by atoms with van der Waals surface area (Å²) in [5.41, 5.74) is 0.680. The average molecular weight is 362 g/mol. The number of hydrogen-bond donors (Lipinski definition) is 1. The van der Waals surface area contributed by atoms with E-state index < -0.39 is 6.10 Å². The van der Waals surface area contributed by atoms with Crippen molar-refractivity contribution < 1.29 is 9.84 Å². The first-order valence-corrected chi connectivity index (χ1v) is 7.13. The van der Waals surface area contributed by atoms with Gasteiger partial charge in [0.2, 0.25) is 0 Å². The van der Waals surface area contributed by atoms with Crippen molar-refractivity contribution >= 4 is 39.1 Å². The molecule has 1 unspecified atom stereocenters. The maximum Gasteiger partial charge on any atom is 0.147 e. The molecule has 1 N–H and O–H groups in total. The SMILES string of the molecule is CC(O)c1ccc(Br)cc1Oc1cccc(Cl)c1Cl. The summed E-state index contributed by atoms with van der Waals surface area (Å²) in [5.74, 6) is 0.989. The summed E-state index contributed by atoms with van der Waals surface area (Å²) in [6, 6.07) is 10.6. The van der Waals surface area contributed by atoms with Gasteiger partial charge in [0.15, 0.2) is 0 Å². The zero-order valence-electron chi connectivity index (χ0n) is 10.0. The van der Waals surface area contributed by atoms with E-state index in [0.29, 0.717) is 27.1 Å². The Morgan fingerprint density at radius 3 is 2.58 bits per heavy atom. The van der Waals surface area contributed by atoms with E-state index in [1.54, 1.807) is 37.3 Å². The van der Waals surface area contributed by atoms with Gasteiger partial charge in [-0.3, -0.25) is 0 Å². The van der Waals surface area contributed by atoms with Crippen LogP contribution in [0.4, 0.5) is 0 Å². The largest absolute Gasteiger partial charge is 0.455 e. The van der Waals surface area contributed by atoms with Crippen LogP contribution < -0.4 is 4.74 Å². The van der Waals surface area contributed by atoms with Gasteiger partial charge in [-0.05, 0) is 31.2 Å². The number of hydrogen-bond acceptors (Lipinski definition) is 2. The Bertz CT molecular complexity index is 600. The summed E-state index contributed by atoms with van der Waals surface area (Å²) in [7, 11) is 0. The zero-order valence-corrected chi connectivity index (χ0v) is 13.1. The van der Waals surface area contributed by atoms with E-state index in [1.165, 1.54) is 0 Å². The number of benzene rings is 2. The van der Waals surface area contributed by atoms with Crippen LogP contribution in [0.5, 0.6) is 11.5 Å². The van der Waals surface area contributed by atoms with Gasteiger partial charge < -0.3 is 9.84 Å². The van der Waals surface area contributed by atoms with E-state index in [4.69, 9.17) is 27.9 Å². The fourth-order valence-electron chi connectivity index (χ4n) is 1.62. The molecule has 0 radical (unpaired) electrons. The molecule has 1 atom stereocenters. The second-order valence-electron chi connectivity index (χ2n) is 4.01. The van der Waals surface area contributed by atoms with Gasteiger partial charge >= 0.3 is 0 Å². The molecule has 0 aliphatic heterocycles. The van der Waals surface area contributed by atoms with Crippen LogP contribution in [-0.4, -0.2) is 5.11 Å². The lowest BCUT2D eigenvalue weighted by Gasteiger charge is -2.14. The van der Waals surface area contributed by atoms with Crippen LogP contribution in [0.3, 0.4) is 0 Å². The molecule has 0 aliphatic rings. The standard InChI is InChI=1S/C14H11BrCl2O2/c1-8(18)10-6-5-9(15)7-13(10)19-12-4-2-3-11(16)14(12)17/h2-8,18H,1H3. The van der Waals surface area contributed by atoms with Crippen molar-refractivity contribution in [3.8, 4) is 11.5 Å². The molecule has 0 aromatic heterocycles. The van der Waals surface area contributed by atoms with Crippen LogP contribution in [0.25, 0.3) is 0 Å². The summed E-state index contributed by atoms with van der Waals surface area (Å²) in [6.45, 7) is 1.68. The molecule has 0 spiro atoms. The average Bonchev–Trinajstić information content (AvgIpc) is 2.35. The molecule has 2 nitrogen and oxygen atoms in total. The minimum atomic E-state index is -0.638. The quantitative estimate of drug-likeness (QED) is 0.770. The fourth-order valence-corrected chi connectivity index (χ4v) is 2.29. The van der Waals surface area contributed by atoms with Crippen molar-refractivity contribution in [2.75, 3.05) is 0 Å². The highest BCUT2D eigenvalue weighted by atomic mass is 79.9. The lowest BCUT2D eigenvalue weighted by atomic mass is 10.1. The third-order valence-corrected chi connectivity index (χ3v) is 3.86. The summed E-state index contributed by atoms with van der Waals surface area (Å²) in [4.78, 5) is 0. The zero-order chi connectivity index (χ0) is 14.0. The second-order valence-corrected chi connectivity index (χ2v) is 5.71. The maximum atomic E-state index is 9.74. The third kappa shape index (κ3) is 3.42. The van der Waals surface area contributed by atoms with Gasteiger partial charge in [0.25, 0.3) is 0 Å². The van der Waals surface area contributed by atoms with Crippen LogP contribution in [-0.2, 0) is 0 Å². The first-order valence-electron chi connectivity index (χ1n) is 5.58. The van der Waals surface area contributed by atoms with E-state index in [0.717, 1.165) is 4.47 Å². The Morgan fingerprint density at radius 1 is 1.16 bits per heavy atom. The topological polar surface area (TPSA) is 29.5 Å². The van der Waals surface area contributed by atoms with Gasteiger partial charge in [0, 0.05) is 10.0 Å². The van der Waals surface area contributed by atoms with Gasteiger partial charge in [-0.1, -0.05) is 51.3 Å². The highest BCUT2D eigenvalue weighted by molar-refractivity contribution is 9.10. The third-order valence-electron chi connectivity index (χ3n) is 2.56. The summed E-state index contributed by atoms with van der Waals surface area (Å²) >= 11 is 15.4. The molecule has 2 aromatic carbocycles. The summed E-state index contributed by atoms with van der Waals surface area (Å²) in [5, 5.41) is 10.5. The number of rotatable bonds is 3. The van der Waals surface area contributed by atoms with Crippen molar-refractivity contribution in [3.63, 3.8) is 0 Å². The Morgan fingerprint density at radius 2 is 1.89 bits per heavy atom.